The van der Waals surface area contributed by atoms with Gasteiger partial charge < -0.3 is 10.0 Å². The molecule has 3 heterocycles. The fourth-order valence-electron chi connectivity index (χ4n) is 2.37. The van der Waals surface area contributed by atoms with Crippen LogP contribution in [0.1, 0.15) is 12.8 Å². The van der Waals surface area contributed by atoms with Crippen LogP contribution in [0.25, 0.3) is 10.2 Å². The van der Waals surface area contributed by atoms with E-state index in [2.05, 4.69) is 14.9 Å². The average Bonchev–Trinajstić information content (AvgIpc) is 2.87. The molecule has 0 bridgehead atoms. The van der Waals surface area contributed by atoms with Gasteiger partial charge in [0.15, 0.2) is 0 Å². The van der Waals surface area contributed by atoms with E-state index in [4.69, 9.17) is 5.11 Å². The number of carbonyl (C=O) groups is 1. The Bertz CT molecular complexity index is 583. The van der Waals surface area contributed by atoms with Crippen molar-refractivity contribution >= 4 is 33.3 Å². The third kappa shape index (κ3) is 1.92. The summed E-state index contributed by atoms with van der Waals surface area (Å²) < 4.78 is 1.04. The fourth-order valence-corrected chi connectivity index (χ4v) is 3.23. The Morgan fingerprint density at radius 3 is 3.22 bits per heavy atom. The molecule has 0 radical (unpaired) electrons. The molecule has 1 saturated heterocycles. The zero-order chi connectivity index (χ0) is 12.5. The van der Waals surface area contributed by atoms with Gasteiger partial charge in [-0.2, -0.15) is 0 Å². The van der Waals surface area contributed by atoms with Crippen molar-refractivity contribution in [2.24, 2.45) is 5.92 Å². The van der Waals surface area contributed by atoms with Crippen molar-refractivity contribution in [3.05, 3.63) is 17.8 Å². The van der Waals surface area contributed by atoms with Crippen LogP contribution < -0.4 is 4.90 Å². The van der Waals surface area contributed by atoms with Gasteiger partial charge >= 0.3 is 5.97 Å². The van der Waals surface area contributed by atoms with Crippen molar-refractivity contribution in [1.82, 2.24) is 9.97 Å². The maximum absolute atomic E-state index is 11.1. The SMILES string of the molecule is O=C(O)[C@H]1CCCN(c2ncnc3ccsc23)C1. The highest BCUT2D eigenvalue weighted by Gasteiger charge is 2.27. The summed E-state index contributed by atoms with van der Waals surface area (Å²) in [5.74, 6) is -0.124. The summed E-state index contributed by atoms with van der Waals surface area (Å²) in [7, 11) is 0. The number of aliphatic carboxylic acids is 1. The normalized spacial score (nSPS) is 20.2. The number of hydrogen-bond donors (Lipinski definition) is 1. The largest absolute Gasteiger partial charge is 0.481 e. The molecule has 0 aliphatic carbocycles. The van der Waals surface area contributed by atoms with Crippen molar-refractivity contribution in [1.29, 1.82) is 0 Å². The van der Waals surface area contributed by atoms with Gasteiger partial charge in [0.05, 0.1) is 16.1 Å². The van der Waals surface area contributed by atoms with E-state index in [1.807, 2.05) is 11.4 Å². The number of aromatic nitrogens is 2. The van der Waals surface area contributed by atoms with E-state index in [1.165, 1.54) is 0 Å². The topological polar surface area (TPSA) is 66.3 Å². The fraction of sp³-hybridized carbons (Fsp3) is 0.417. The van der Waals surface area contributed by atoms with Gasteiger partial charge in [0.25, 0.3) is 0 Å². The van der Waals surface area contributed by atoms with Crippen LogP contribution >= 0.6 is 11.3 Å². The van der Waals surface area contributed by atoms with Gasteiger partial charge in [-0.1, -0.05) is 0 Å². The number of hydrogen-bond acceptors (Lipinski definition) is 5. The summed E-state index contributed by atoms with van der Waals surface area (Å²) in [6.45, 7) is 1.41. The Hall–Kier alpha value is -1.69. The van der Waals surface area contributed by atoms with Gasteiger partial charge in [0, 0.05) is 13.1 Å². The first-order valence-corrected chi connectivity index (χ1v) is 6.79. The number of anilines is 1. The number of thiophene rings is 1. The monoisotopic (exact) mass is 263 g/mol. The number of nitrogens with zero attached hydrogens (tertiary/aromatic N) is 3. The molecule has 5 nitrogen and oxygen atoms in total. The van der Waals surface area contributed by atoms with Crippen LogP contribution in [0.15, 0.2) is 17.8 Å². The van der Waals surface area contributed by atoms with Crippen LogP contribution in [-0.2, 0) is 4.79 Å². The molecule has 0 unspecified atom stereocenters. The van der Waals surface area contributed by atoms with Crippen LogP contribution in [0.4, 0.5) is 5.82 Å². The number of piperidine rings is 1. The van der Waals surface area contributed by atoms with E-state index in [-0.39, 0.29) is 5.92 Å². The first-order valence-electron chi connectivity index (χ1n) is 5.91. The second-order valence-electron chi connectivity index (χ2n) is 4.46. The van der Waals surface area contributed by atoms with Gasteiger partial charge in [0.1, 0.15) is 12.1 Å². The average molecular weight is 263 g/mol. The van der Waals surface area contributed by atoms with Crippen LogP contribution in [-0.4, -0.2) is 34.1 Å². The Morgan fingerprint density at radius 1 is 1.50 bits per heavy atom. The molecule has 0 saturated carbocycles. The van der Waals surface area contributed by atoms with Gasteiger partial charge in [-0.25, -0.2) is 9.97 Å². The standard InChI is InChI=1S/C12H13N3O2S/c16-12(17)8-2-1-4-15(6-8)11-10-9(3-5-18-10)13-7-14-11/h3,5,7-8H,1-2,4,6H2,(H,16,17)/t8-/m0/s1. The first kappa shape index (κ1) is 11.4. The molecule has 1 atom stereocenters. The summed E-state index contributed by atoms with van der Waals surface area (Å²) in [6.07, 6.45) is 3.20. The molecule has 18 heavy (non-hydrogen) atoms. The number of carboxylic acid groups (broad SMARTS) is 1. The van der Waals surface area contributed by atoms with Crippen LogP contribution in [0.5, 0.6) is 0 Å². The van der Waals surface area contributed by atoms with Crippen molar-refractivity contribution in [3.8, 4) is 0 Å². The quantitative estimate of drug-likeness (QED) is 0.897. The van der Waals surface area contributed by atoms with Gasteiger partial charge in [-0.15, -0.1) is 11.3 Å². The third-order valence-corrected chi connectivity index (χ3v) is 4.19. The second-order valence-corrected chi connectivity index (χ2v) is 5.37. The van der Waals surface area contributed by atoms with E-state index in [1.54, 1.807) is 17.7 Å². The minimum atomic E-state index is -0.712. The summed E-state index contributed by atoms with van der Waals surface area (Å²) in [5.41, 5.74) is 0.933. The molecular weight excluding hydrogens is 250 g/mol. The lowest BCUT2D eigenvalue weighted by Crippen LogP contribution is -2.39. The minimum Gasteiger partial charge on any atom is -0.481 e. The van der Waals surface area contributed by atoms with E-state index < -0.39 is 5.97 Å². The molecule has 1 N–H and O–H groups in total. The first-order chi connectivity index (χ1) is 8.75. The molecule has 6 heteroatoms. The highest BCUT2D eigenvalue weighted by molar-refractivity contribution is 7.17. The number of rotatable bonds is 2. The Kier molecular flexibility index (Phi) is 2.87. The smallest absolute Gasteiger partial charge is 0.308 e. The van der Waals surface area contributed by atoms with E-state index in [0.29, 0.717) is 6.54 Å². The van der Waals surface area contributed by atoms with Crippen molar-refractivity contribution in [2.75, 3.05) is 18.0 Å². The predicted octanol–water partition coefficient (Wildman–Crippen LogP) is 1.99. The van der Waals surface area contributed by atoms with Crippen molar-refractivity contribution < 1.29 is 9.90 Å². The molecule has 0 aromatic carbocycles. The Morgan fingerprint density at radius 2 is 2.39 bits per heavy atom. The molecule has 0 amide bonds. The third-order valence-electron chi connectivity index (χ3n) is 3.29. The molecule has 1 aliphatic heterocycles. The van der Waals surface area contributed by atoms with Crippen molar-refractivity contribution in [2.45, 2.75) is 12.8 Å². The van der Waals surface area contributed by atoms with Crippen LogP contribution in [0.3, 0.4) is 0 Å². The molecule has 2 aromatic heterocycles. The maximum Gasteiger partial charge on any atom is 0.308 e. The van der Waals surface area contributed by atoms with E-state index in [0.717, 1.165) is 35.4 Å². The molecule has 0 spiro atoms. The Labute approximate surface area is 108 Å². The van der Waals surface area contributed by atoms with E-state index >= 15 is 0 Å². The van der Waals surface area contributed by atoms with Crippen LogP contribution in [0.2, 0.25) is 0 Å². The molecule has 1 fully saturated rings. The highest BCUT2D eigenvalue weighted by atomic mass is 32.1. The van der Waals surface area contributed by atoms with Crippen molar-refractivity contribution in [3.63, 3.8) is 0 Å². The lowest BCUT2D eigenvalue weighted by atomic mass is 9.98. The molecule has 2 aromatic rings. The molecule has 1 aliphatic rings. The molecule has 94 valence electrons. The second kappa shape index (κ2) is 4.53. The summed E-state index contributed by atoms with van der Waals surface area (Å²) in [6, 6.07) is 1.96. The van der Waals surface area contributed by atoms with E-state index in [9.17, 15) is 4.79 Å². The lowest BCUT2D eigenvalue weighted by molar-refractivity contribution is -0.141. The summed E-state index contributed by atoms with van der Waals surface area (Å²) in [4.78, 5) is 21.7. The van der Waals surface area contributed by atoms with Gasteiger partial charge in [0.2, 0.25) is 0 Å². The summed E-state index contributed by atoms with van der Waals surface area (Å²) in [5, 5.41) is 11.1. The molecule has 3 rings (SSSR count). The maximum atomic E-state index is 11.1. The highest BCUT2D eigenvalue weighted by Crippen LogP contribution is 2.30. The predicted molar refractivity (Wildman–Crippen MR) is 70.0 cm³/mol. The number of fused-ring (bicyclic) bond motifs is 1. The number of carboxylic acids is 1. The Balaban J connectivity index is 1.94. The zero-order valence-corrected chi connectivity index (χ0v) is 10.6. The van der Waals surface area contributed by atoms with Crippen LogP contribution in [0, 0.1) is 5.92 Å². The minimum absolute atomic E-state index is 0.288. The summed E-state index contributed by atoms with van der Waals surface area (Å²) >= 11 is 1.60. The zero-order valence-electron chi connectivity index (χ0n) is 9.74. The van der Waals surface area contributed by atoms with Gasteiger partial charge in [-0.05, 0) is 24.3 Å². The molecular formula is C12H13N3O2S. The van der Waals surface area contributed by atoms with Gasteiger partial charge in [-0.3, -0.25) is 4.79 Å². The lowest BCUT2D eigenvalue weighted by Gasteiger charge is -2.31.